The quantitative estimate of drug-likeness (QED) is 0.501. The number of aryl methyl sites for hydroxylation is 1. The van der Waals surface area contributed by atoms with Crippen LogP contribution in [0.4, 0.5) is 26.3 Å². The van der Waals surface area contributed by atoms with E-state index in [4.69, 9.17) is 19.8 Å². The minimum absolute atomic E-state index is 0.169. The number of aliphatic carboxylic acids is 2. The molecule has 0 bridgehead atoms. The van der Waals surface area contributed by atoms with E-state index in [2.05, 4.69) is 26.7 Å². The van der Waals surface area contributed by atoms with Crippen molar-refractivity contribution in [1.82, 2.24) is 14.8 Å². The van der Waals surface area contributed by atoms with Crippen molar-refractivity contribution >= 4 is 29.2 Å². The molecule has 1 atom stereocenters. The summed E-state index contributed by atoms with van der Waals surface area (Å²) in [5.74, 6) is -5.18. The molecule has 39 heavy (non-hydrogen) atoms. The van der Waals surface area contributed by atoms with Gasteiger partial charge >= 0.3 is 24.3 Å². The maximum absolute atomic E-state index is 13.2. The third kappa shape index (κ3) is 9.80. The molecule has 2 aromatic rings. The Kier molecular flexibility index (Phi) is 10.9. The number of hydrogen-bond donors (Lipinski definition) is 2. The van der Waals surface area contributed by atoms with E-state index in [1.54, 1.807) is 11.3 Å². The van der Waals surface area contributed by atoms with Gasteiger partial charge in [-0.3, -0.25) is 14.7 Å². The highest BCUT2D eigenvalue weighted by Gasteiger charge is 2.48. The van der Waals surface area contributed by atoms with Crippen molar-refractivity contribution in [2.24, 2.45) is 5.41 Å². The van der Waals surface area contributed by atoms with Crippen molar-refractivity contribution in [3.63, 3.8) is 0 Å². The van der Waals surface area contributed by atoms with Crippen LogP contribution in [-0.4, -0.2) is 74.8 Å². The highest BCUT2D eigenvalue weighted by Crippen LogP contribution is 2.41. The van der Waals surface area contributed by atoms with Crippen molar-refractivity contribution in [3.05, 3.63) is 52.0 Å². The third-order valence-electron chi connectivity index (χ3n) is 6.03. The molecule has 0 saturated carbocycles. The van der Waals surface area contributed by atoms with Gasteiger partial charge in [-0.05, 0) is 67.3 Å². The molecule has 2 aliphatic rings. The number of alkyl halides is 6. The van der Waals surface area contributed by atoms with Crippen molar-refractivity contribution < 1.29 is 50.9 Å². The van der Waals surface area contributed by atoms with Crippen molar-refractivity contribution in [1.29, 1.82) is 0 Å². The summed E-state index contributed by atoms with van der Waals surface area (Å²) in [5, 5.41) is 18.6. The molecule has 2 N–H and O–H groups in total. The van der Waals surface area contributed by atoms with E-state index in [0.29, 0.717) is 12.5 Å². The van der Waals surface area contributed by atoms with Crippen LogP contribution in [0.25, 0.3) is 0 Å². The van der Waals surface area contributed by atoms with Crippen LogP contribution in [0.5, 0.6) is 0 Å². The van der Waals surface area contributed by atoms with Gasteiger partial charge in [0.15, 0.2) is 0 Å². The van der Waals surface area contributed by atoms with Crippen LogP contribution >= 0.6 is 11.3 Å². The predicted molar refractivity (Wildman–Crippen MR) is 128 cm³/mol. The number of carbonyl (C=O) groups excluding carboxylic acids is 1. The molecular weight excluding hydrogens is 556 g/mol. The predicted octanol–water partition coefficient (Wildman–Crippen LogP) is 4.73. The summed E-state index contributed by atoms with van der Waals surface area (Å²) in [5.41, 5.74) is 3.21. The summed E-state index contributed by atoms with van der Waals surface area (Å²) in [6.45, 7) is 6.48. The molecule has 0 radical (unpaired) electrons. The Hall–Kier alpha value is -3.20. The summed E-state index contributed by atoms with van der Waals surface area (Å²) in [6, 6.07) is 8.24. The lowest BCUT2D eigenvalue weighted by Crippen LogP contribution is -2.47. The molecule has 2 aliphatic heterocycles. The average molecular weight is 584 g/mol. The fraction of sp³-hybridized carbons (Fsp3) is 0.500. The van der Waals surface area contributed by atoms with Crippen molar-refractivity contribution in [2.45, 2.75) is 51.6 Å². The normalized spacial score (nSPS) is 19.7. The Morgan fingerprint density at radius 3 is 2.13 bits per heavy atom. The number of halogens is 6. The Labute approximate surface area is 223 Å². The third-order valence-corrected chi connectivity index (χ3v) is 6.76. The molecule has 1 unspecified atom stereocenters. The fourth-order valence-electron chi connectivity index (χ4n) is 4.31. The minimum Gasteiger partial charge on any atom is -0.475 e. The number of rotatable bonds is 4. The smallest absolute Gasteiger partial charge is 0.475 e. The highest BCUT2D eigenvalue weighted by atomic mass is 32.1. The molecule has 4 rings (SSSR count). The molecule has 2 fully saturated rings. The Balaban J connectivity index is 0.000000317. The first kappa shape index (κ1) is 32.0. The summed E-state index contributed by atoms with van der Waals surface area (Å²) >= 11 is 1.75. The van der Waals surface area contributed by atoms with Crippen LogP contribution in [0.2, 0.25) is 0 Å². The largest absolute Gasteiger partial charge is 0.490 e. The second-order valence-corrected chi connectivity index (χ2v) is 9.86. The lowest BCUT2D eigenvalue weighted by Gasteiger charge is -2.39. The SMILES string of the molecule is Cc1cccc(CN2CCC3(CCCN(Cc4ccsc4)C3)C2=O)n1.O=C(O)C(F)(F)F.O=C(O)C(F)(F)F. The zero-order chi connectivity index (χ0) is 29.4. The molecule has 8 nitrogen and oxygen atoms in total. The monoisotopic (exact) mass is 583 g/mol. The lowest BCUT2D eigenvalue weighted by atomic mass is 9.78. The molecule has 15 heteroatoms. The van der Waals surface area contributed by atoms with Gasteiger partial charge in [-0.15, -0.1) is 0 Å². The van der Waals surface area contributed by atoms with Gasteiger partial charge in [-0.25, -0.2) is 9.59 Å². The maximum Gasteiger partial charge on any atom is 0.490 e. The van der Waals surface area contributed by atoms with Crippen LogP contribution in [0.15, 0.2) is 35.0 Å². The molecular formula is C24H27F6N3O5S. The van der Waals surface area contributed by atoms with Gasteiger partial charge in [0.05, 0.1) is 17.7 Å². The highest BCUT2D eigenvalue weighted by molar-refractivity contribution is 7.07. The summed E-state index contributed by atoms with van der Waals surface area (Å²) in [7, 11) is 0. The van der Waals surface area contributed by atoms with Gasteiger partial charge < -0.3 is 15.1 Å². The molecule has 0 aliphatic carbocycles. The Bertz CT molecular complexity index is 1100. The summed E-state index contributed by atoms with van der Waals surface area (Å²) in [6.07, 6.45) is -7.03. The van der Waals surface area contributed by atoms with E-state index in [-0.39, 0.29) is 5.41 Å². The average Bonchev–Trinajstić information content (AvgIpc) is 3.43. The van der Waals surface area contributed by atoms with Crippen LogP contribution in [0.1, 0.15) is 36.2 Å². The number of likely N-dealkylation sites (tertiary alicyclic amines) is 2. The number of carboxylic acids is 2. The van der Waals surface area contributed by atoms with Gasteiger partial charge in [0, 0.05) is 25.3 Å². The lowest BCUT2D eigenvalue weighted by molar-refractivity contribution is -0.193. The number of nitrogens with zero attached hydrogens (tertiary/aromatic N) is 3. The molecule has 4 heterocycles. The second kappa shape index (κ2) is 13.2. The molecule has 2 aromatic heterocycles. The van der Waals surface area contributed by atoms with Gasteiger partial charge in [0.2, 0.25) is 5.91 Å². The van der Waals surface area contributed by atoms with Crippen LogP contribution in [0.3, 0.4) is 0 Å². The number of carboxylic acid groups (broad SMARTS) is 2. The minimum atomic E-state index is -5.08. The number of thiophene rings is 1. The standard InChI is InChI=1S/C20H25N3OS.2C2HF3O2/c1-16-4-2-5-18(21-16)13-23-10-8-20(19(23)24)7-3-9-22(15-20)12-17-6-11-25-14-17;2*3-2(4,5)1(6)7/h2,4-6,11,14H,3,7-10,12-13,15H2,1H3;2*(H,6,7). The van der Waals surface area contributed by atoms with Gasteiger partial charge in [-0.2, -0.15) is 37.7 Å². The fourth-order valence-corrected chi connectivity index (χ4v) is 4.97. The molecule has 1 amide bonds. The number of pyridine rings is 1. The van der Waals surface area contributed by atoms with E-state index in [1.807, 2.05) is 30.0 Å². The van der Waals surface area contributed by atoms with E-state index in [9.17, 15) is 31.1 Å². The topological polar surface area (TPSA) is 111 Å². The van der Waals surface area contributed by atoms with Gasteiger partial charge in [-0.1, -0.05) is 6.07 Å². The Morgan fingerprint density at radius 1 is 1.00 bits per heavy atom. The van der Waals surface area contributed by atoms with Crippen LogP contribution in [-0.2, 0) is 27.5 Å². The first-order chi connectivity index (χ1) is 18.0. The number of hydrogen-bond acceptors (Lipinski definition) is 6. The molecule has 2 saturated heterocycles. The van der Waals surface area contributed by atoms with Crippen molar-refractivity contribution in [2.75, 3.05) is 19.6 Å². The number of carbonyl (C=O) groups is 3. The molecule has 0 aromatic carbocycles. The van der Waals surface area contributed by atoms with E-state index in [1.165, 1.54) is 5.56 Å². The van der Waals surface area contributed by atoms with Crippen LogP contribution < -0.4 is 0 Å². The Morgan fingerprint density at radius 2 is 1.62 bits per heavy atom. The summed E-state index contributed by atoms with van der Waals surface area (Å²) in [4.78, 5) is 40.0. The van der Waals surface area contributed by atoms with E-state index >= 15 is 0 Å². The number of aromatic nitrogens is 1. The number of amides is 1. The van der Waals surface area contributed by atoms with Crippen molar-refractivity contribution in [3.8, 4) is 0 Å². The molecule has 216 valence electrons. The second-order valence-electron chi connectivity index (χ2n) is 9.08. The van der Waals surface area contributed by atoms with Gasteiger partial charge in [0.25, 0.3) is 0 Å². The van der Waals surface area contributed by atoms with Gasteiger partial charge in [0.1, 0.15) is 0 Å². The molecule has 1 spiro atoms. The first-order valence-electron chi connectivity index (χ1n) is 11.6. The first-order valence-corrected chi connectivity index (χ1v) is 12.5. The zero-order valence-corrected chi connectivity index (χ0v) is 21.6. The van der Waals surface area contributed by atoms with E-state index in [0.717, 1.165) is 56.8 Å². The number of piperidine rings is 1. The van der Waals surface area contributed by atoms with Crippen LogP contribution in [0, 0.1) is 12.3 Å². The maximum atomic E-state index is 13.2. The summed E-state index contributed by atoms with van der Waals surface area (Å²) < 4.78 is 63.5. The zero-order valence-electron chi connectivity index (χ0n) is 20.8. The van der Waals surface area contributed by atoms with E-state index < -0.39 is 24.3 Å².